The van der Waals surface area contributed by atoms with Gasteiger partial charge in [0.15, 0.2) is 11.5 Å². The summed E-state index contributed by atoms with van der Waals surface area (Å²) in [5, 5.41) is 11.8. The molecular formula is C103H125N5O3S2Se2Si2. The van der Waals surface area contributed by atoms with E-state index in [1.54, 1.807) is 33.9 Å². The first kappa shape index (κ1) is 93.2. The van der Waals surface area contributed by atoms with E-state index in [0.29, 0.717) is 29.0 Å². The fourth-order valence-corrected chi connectivity index (χ4v) is 22.2. The molecule has 8 nitrogen and oxygen atoms in total. The number of furan rings is 2. The fraction of sp³-hybridized carbons (Fsp3) is 0.282. The van der Waals surface area contributed by atoms with Gasteiger partial charge in [0.05, 0.1) is 20.6 Å². The second kappa shape index (κ2) is 43.4. The number of hydrogen-bond acceptors (Lipinski definition) is 7. The zero-order valence-corrected chi connectivity index (χ0v) is 82.6. The van der Waals surface area contributed by atoms with Crippen molar-refractivity contribution >= 4 is 144 Å². The van der Waals surface area contributed by atoms with Crippen molar-refractivity contribution < 1.29 is 13.3 Å². The zero-order chi connectivity index (χ0) is 85.7. The van der Waals surface area contributed by atoms with Crippen LogP contribution in [-0.2, 0) is 21.1 Å². The molecule has 0 spiro atoms. The number of fused-ring (bicyclic) bond motifs is 7. The third kappa shape index (κ3) is 28.5. The minimum Gasteiger partial charge on any atom is -0.461 e. The number of rotatable bonds is 0. The Labute approximate surface area is 722 Å². The molecule has 10 aromatic heterocycles. The van der Waals surface area contributed by atoms with Gasteiger partial charge in [-0.1, -0.05) is 124 Å². The van der Waals surface area contributed by atoms with Gasteiger partial charge in [-0.2, -0.15) is 0 Å². The molecule has 7 aromatic carbocycles. The van der Waals surface area contributed by atoms with Gasteiger partial charge >= 0.3 is 122 Å². The first-order chi connectivity index (χ1) is 55.3. The van der Waals surface area contributed by atoms with E-state index in [0.717, 1.165) is 51.2 Å². The quantitative estimate of drug-likeness (QED) is 0.141. The van der Waals surface area contributed by atoms with Crippen LogP contribution in [0.4, 0.5) is 0 Å². The van der Waals surface area contributed by atoms with Crippen molar-refractivity contribution in [2.24, 2.45) is 21.1 Å². The topological polar surface area (TPSA) is 80.0 Å². The molecule has 12 heterocycles. The summed E-state index contributed by atoms with van der Waals surface area (Å²) < 4.78 is 29.9. The van der Waals surface area contributed by atoms with Gasteiger partial charge in [-0.25, -0.2) is 9.97 Å². The van der Waals surface area contributed by atoms with Crippen molar-refractivity contribution in [3.05, 3.63) is 346 Å². The molecule has 0 saturated carbocycles. The van der Waals surface area contributed by atoms with E-state index in [-0.39, 0.29) is 9.52 Å². The summed E-state index contributed by atoms with van der Waals surface area (Å²) in [4.78, 5) is 12.8. The number of benzene rings is 7. The van der Waals surface area contributed by atoms with Gasteiger partial charge in [0, 0.05) is 80.8 Å². The maximum atomic E-state index is 5.42. The Morgan fingerprint density at radius 3 is 1.39 bits per heavy atom. The largest absolute Gasteiger partial charge is 0.461 e. The molecule has 0 radical (unpaired) electrons. The molecule has 0 saturated heterocycles. The second-order valence-corrected chi connectivity index (χ2v) is 47.7. The van der Waals surface area contributed by atoms with Gasteiger partial charge in [0.25, 0.3) is 0 Å². The maximum Gasteiger partial charge on any atom is 0.192 e. The number of aromatic nitrogens is 5. The Kier molecular flexibility index (Phi) is 34.6. The van der Waals surface area contributed by atoms with Crippen LogP contribution in [0.2, 0.25) is 13.1 Å². The number of allylic oxidation sites excluding steroid dienone is 5. The number of oxazole rings is 1. The zero-order valence-electron chi connectivity index (χ0n) is 75.1. The fourth-order valence-electron chi connectivity index (χ4n) is 13.3. The Hall–Kier alpha value is -9.31. The van der Waals surface area contributed by atoms with Crippen LogP contribution in [0, 0.1) is 145 Å². The third-order valence-corrected chi connectivity index (χ3v) is 32.0. The Morgan fingerprint density at radius 1 is 0.350 bits per heavy atom. The normalized spacial score (nSPS) is 11.8. The van der Waals surface area contributed by atoms with Crippen LogP contribution in [0.15, 0.2) is 241 Å². The van der Waals surface area contributed by atoms with Crippen molar-refractivity contribution in [3.8, 4) is 0 Å². The first-order valence-corrected chi connectivity index (χ1v) is 49.7. The van der Waals surface area contributed by atoms with Gasteiger partial charge in [-0.3, -0.25) is 0 Å². The first-order valence-electron chi connectivity index (χ1n) is 40.2. The van der Waals surface area contributed by atoms with Gasteiger partial charge in [-0.05, 0) is 268 Å². The molecule has 17 aromatic rings. The molecule has 0 N–H and O–H groups in total. The van der Waals surface area contributed by atoms with Crippen LogP contribution in [0.5, 0.6) is 0 Å². The molecule has 0 atom stereocenters. The molecule has 19 rings (SSSR count). The van der Waals surface area contributed by atoms with Crippen molar-refractivity contribution in [2.45, 2.75) is 179 Å². The summed E-state index contributed by atoms with van der Waals surface area (Å²) >= 11 is 5.03. The van der Waals surface area contributed by atoms with Crippen molar-refractivity contribution in [3.63, 3.8) is 0 Å². The smallest absolute Gasteiger partial charge is 0.192 e. The molecule has 0 fully saturated rings. The summed E-state index contributed by atoms with van der Waals surface area (Å²) in [7, 11) is 5.11. The molecule has 2 aliphatic rings. The molecule has 14 heteroatoms. The van der Waals surface area contributed by atoms with Gasteiger partial charge < -0.3 is 27.0 Å². The van der Waals surface area contributed by atoms with Crippen LogP contribution in [0.3, 0.4) is 0 Å². The average molecular weight is 1760 g/mol. The van der Waals surface area contributed by atoms with Crippen molar-refractivity contribution in [2.75, 3.05) is 0 Å². The molecule has 612 valence electrons. The summed E-state index contributed by atoms with van der Waals surface area (Å²) in [6.45, 7) is 55.4. The van der Waals surface area contributed by atoms with E-state index in [1.165, 1.54) is 118 Å². The molecule has 0 aliphatic carbocycles. The van der Waals surface area contributed by atoms with Gasteiger partial charge in [0.2, 0.25) is 0 Å². The van der Waals surface area contributed by atoms with Crippen LogP contribution >= 0.6 is 22.7 Å². The average Bonchev–Trinajstić information content (AvgIpc) is 1.63. The van der Waals surface area contributed by atoms with Gasteiger partial charge in [0.1, 0.15) is 42.3 Å². The van der Waals surface area contributed by atoms with Gasteiger partial charge in [-0.15, -0.1) is 22.7 Å². The summed E-state index contributed by atoms with van der Waals surface area (Å²) in [5.41, 5.74) is 21.0. The summed E-state index contributed by atoms with van der Waals surface area (Å²) in [5.74, 6) is 4.74. The third-order valence-electron chi connectivity index (χ3n) is 20.4. The number of thiophene rings is 2. The Morgan fingerprint density at radius 2 is 0.863 bits per heavy atom. The molecule has 0 unspecified atom stereocenters. The number of imidazole rings is 1. The molecule has 2 aliphatic heterocycles. The summed E-state index contributed by atoms with van der Waals surface area (Å²) in [6.07, 6.45) is 6.84. The SMILES string of the molecule is CC1=CC=C(C)[SiH2]1.CC1=Cc2cc(C)ccc2[Si]1(C)C.Cc1ccc(C)[se]1.Cc1ccc(C)n1C.Cc1ccc(C)o1.Cc1ccc(C)s1.Cc1ccc2[se]c(C)cc2c1.Cc1ccc2c(c1)cc(C)n2C.Cc1ccc2c(c1)nc(C)n2C.Cc1ccc2oc(C)cc2c1.Cc1ccc2oc(C)nc2c1.Cc1ccc2sc(C)cc2c1. The van der Waals surface area contributed by atoms with E-state index >= 15 is 0 Å². The monoisotopic (exact) mass is 1760 g/mol. The Bertz CT molecular complexity index is 5640. The van der Waals surface area contributed by atoms with Crippen LogP contribution in [-0.4, -0.2) is 70.3 Å². The molecule has 0 amide bonds. The number of nitrogens with zero attached hydrogens (tertiary/aromatic N) is 5. The second-order valence-electron chi connectivity index (χ2n) is 31.9. The number of hydrogen-bond donors (Lipinski definition) is 0. The summed E-state index contributed by atoms with van der Waals surface area (Å²) in [6, 6.07) is 71.0. The molecular weight excluding hydrogens is 1630 g/mol. The Balaban J connectivity index is 0.000000160. The van der Waals surface area contributed by atoms with Crippen molar-refractivity contribution in [1.29, 1.82) is 0 Å². The van der Waals surface area contributed by atoms with E-state index < -0.39 is 8.07 Å². The molecule has 117 heavy (non-hydrogen) atoms. The molecule has 0 bridgehead atoms. The van der Waals surface area contributed by atoms with Crippen LogP contribution in [0.25, 0.3) is 69.8 Å². The minimum atomic E-state index is -1.23. The predicted molar refractivity (Wildman–Crippen MR) is 521 cm³/mol. The van der Waals surface area contributed by atoms with Crippen LogP contribution < -0.4 is 5.19 Å². The van der Waals surface area contributed by atoms with E-state index in [2.05, 4.69) is 358 Å². The van der Waals surface area contributed by atoms with E-state index in [1.807, 2.05) is 108 Å². The van der Waals surface area contributed by atoms with Crippen molar-refractivity contribution in [1.82, 2.24) is 23.7 Å². The minimum absolute atomic E-state index is 0.114. The van der Waals surface area contributed by atoms with E-state index in [9.17, 15) is 0 Å². The van der Waals surface area contributed by atoms with Crippen LogP contribution in [0.1, 0.15) is 139 Å². The standard InChI is InChI=1S/C12H16Si.C11H13N.C10H12N2.C10H10O.C10H10S.C10H10Se.C9H9NO.C7H11N.C6H8O.C6H8S.C6H8Se.C6H10Si/c1-9-5-6-12-11(7-9)8-10(2)13(12,3)4;1-8-4-5-11-10(6-8)7-9(2)12(11)3;1-7-4-5-10-9(6-7)11-8(2)12(10)3;3*1-7-3-4-10-9(5-7)6-8(2)11-10;1-6-3-4-9-8(5-6)10-7(2)11-9;1-6-4-5-7(2)8(6)3;4*1-5-3-4-6(2)7-5/h5-8H,1-4H3;4-7H,1-3H3;4-6H,1-3H3;3*3-6H,1-2H3;3-5H,1-2H3;4-5H,1-3H3;3*3-4H,1-2H3;3-4H,7H2,1-2H3. The number of aryl methyl sites for hydroxylation is 23. The van der Waals surface area contributed by atoms with E-state index in [4.69, 9.17) is 13.3 Å². The predicted octanol–water partition coefficient (Wildman–Crippen LogP) is 27.6. The maximum absolute atomic E-state index is 5.42.